The molecule has 1 N–H and O–H groups in total. The number of halogens is 1. The molecule has 0 radical (unpaired) electrons. The fourth-order valence-corrected chi connectivity index (χ4v) is 5.51. The number of carbonyl (C=O) groups is 2. The number of carbonyl (C=O) groups excluding carboxylic acids is 2. The molecule has 0 saturated heterocycles. The Hall–Kier alpha value is -3.72. The maximum atomic E-state index is 14.0. The highest BCUT2D eigenvalue weighted by Gasteiger charge is 2.33. The van der Waals surface area contributed by atoms with E-state index in [1.165, 1.54) is 17.0 Å². The fraction of sp³-hybridized carbons (Fsp3) is 0.333. The Balaban J connectivity index is 2.02. The number of hydrogen-bond acceptors (Lipinski definition) is 4. The third kappa shape index (κ3) is 7.89. The number of sulfonamides is 1. The van der Waals surface area contributed by atoms with E-state index in [9.17, 15) is 22.4 Å². The Kier molecular flexibility index (Phi) is 10.2. The van der Waals surface area contributed by atoms with Crippen molar-refractivity contribution in [3.63, 3.8) is 0 Å². The van der Waals surface area contributed by atoms with Crippen LogP contribution in [0.3, 0.4) is 0 Å². The second-order valence-corrected chi connectivity index (χ2v) is 11.7. The quantitative estimate of drug-likeness (QED) is 0.345. The lowest BCUT2D eigenvalue weighted by molar-refractivity contribution is -0.140. The largest absolute Gasteiger partial charge is 0.354 e. The zero-order chi connectivity index (χ0) is 28.6. The van der Waals surface area contributed by atoms with Crippen LogP contribution in [0.2, 0.25) is 0 Å². The molecule has 2 amide bonds. The lowest BCUT2D eigenvalue weighted by Gasteiger charge is -2.33. The van der Waals surface area contributed by atoms with Crippen molar-refractivity contribution in [1.82, 2.24) is 10.2 Å². The van der Waals surface area contributed by atoms with Gasteiger partial charge in [-0.15, -0.1) is 0 Å². The first-order valence-electron chi connectivity index (χ1n) is 13.0. The van der Waals surface area contributed by atoms with Gasteiger partial charge in [0.1, 0.15) is 18.4 Å². The molecule has 0 fully saturated rings. The molecule has 0 aromatic heterocycles. The molecule has 0 spiro atoms. The van der Waals surface area contributed by atoms with Gasteiger partial charge in [-0.1, -0.05) is 68.8 Å². The third-order valence-corrected chi connectivity index (χ3v) is 8.06. The van der Waals surface area contributed by atoms with Gasteiger partial charge in [-0.25, -0.2) is 12.8 Å². The minimum atomic E-state index is -4.24. The zero-order valence-corrected chi connectivity index (χ0v) is 23.6. The number of nitrogens with zero attached hydrogens (tertiary/aromatic N) is 2. The van der Waals surface area contributed by atoms with Crippen molar-refractivity contribution in [3.8, 4) is 0 Å². The monoisotopic (exact) mass is 553 g/mol. The van der Waals surface area contributed by atoms with Gasteiger partial charge in [-0.2, -0.15) is 0 Å². The van der Waals surface area contributed by atoms with Gasteiger partial charge in [0.25, 0.3) is 10.0 Å². The molecule has 0 saturated carbocycles. The summed E-state index contributed by atoms with van der Waals surface area (Å²) in [5, 5.41) is 2.91. The van der Waals surface area contributed by atoms with Crippen LogP contribution in [0, 0.1) is 18.7 Å². The highest BCUT2D eigenvalue weighted by atomic mass is 32.2. The van der Waals surface area contributed by atoms with Gasteiger partial charge in [-0.05, 0) is 61.2 Å². The predicted molar refractivity (Wildman–Crippen MR) is 151 cm³/mol. The van der Waals surface area contributed by atoms with E-state index in [0.29, 0.717) is 13.0 Å². The standard InChI is InChI=1S/C30H36FN3O4S/c1-5-28(30(36)32-19-22(2)3)33(20-24-9-7-6-8-10-24)29(35)21-34(26-15-11-23(4)12-16-26)39(37,38)27-17-13-25(31)14-18-27/h6-18,22,28H,5,19-21H2,1-4H3,(H,32,36)/t28-/m0/s1. The van der Waals surface area contributed by atoms with Crippen molar-refractivity contribution in [1.29, 1.82) is 0 Å². The van der Waals surface area contributed by atoms with Crippen molar-refractivity contribution < 1.29 is 22.4 Å². The number of nitrogens with one attached hydrogen (secondary N) is 1. The molecule has 0 bridgehead atoms. The Morgan fingerprint density at radius 1 is 0.923 bits per heavy atom. The summed E-state index contributed by atoms with van der Waals surface area (Å²) < 4.78 is 42.1. The first-order valence-corrected chi connectivity index (χ1v) is 14.4. The van der Waals surface area contributed by atoms with Crippen LogP contribution in [0.4, 0.5) is 10.1 Å². The van der Waals surface area contributed by atoms with Crippen molar-refractivity contribution in [2.24, 2.45) is 5.92 Å². The highest BCUT2D eigenvalue weighted by molar-refractivity contribution is 7.92. The van der Waals surface area contributed by atoms with Crippen molar-refractivity contribution >= 4 is 27.5 Å². The SMILES string of the molecule is CC[C@@H](C(=O)NCC(C)C)N(Cc1ccccc1)C(=O)CN(c1ccc(C)cc1)S(=O)(=O)c1ccc(F)cc1. The van der Waals surface area contributed by atoms with E-state index < -0.39 is 34.3 Å². The van der Waals surface area contributed by atoms with Crippen LogP contribution in [0.5, 0.6) is 0 Å². The lowest BCUT2D eigenvalue weighted by atomic mass is 10.1. The van der Waals surface area contributed by atoms with Crippen LogP contribution < -0.4 is 9.62 Å². The summed E-state index contributed by atoms with van der Waals surface area (Å²) in [4.78, 5) is 28.4. The molecule has 9 heteroatoms. The van der Waals surface area contributed by atoms with Gasteiger partial charge in [0.2, 0.25) is 11.8 Å². The van der Waals surface area contributed by atoms with Gasteiger partial charge in [-0.3, -0.25) is 13.9 Å². The number of benzene rings is 3. The second kappa shape index (κ2) is 13.4. The van der Waals surface area contributed by atoms with Gasteiger partial charge in [0, 0.05) is 13.1 Å². The molecule has 1 atom stereocenters. The Morgan fingerprint density at radius 3 is 2.10 bits per heavy atom. The van der Waals surface area contributed by atoms with Crippen LogP contribution in [0.15, 0.2) is 83.8 Å². The summed E-state index contributed by atoms with van der Waals surface area (Å²) in [5.41, 5.74) is 2.02. The Morgan fingerprint density at radius 2 is 1.54 bits per heavy atom. The molecule has 0 aliphatic heterocycles. The summed E-state index contributed by atoms with van der Waals surface area (Å²) in [6.45, 7) is 7.70. The van der Waals surface area contributed by atoms with Crippen LogP contribution in [0.1, 0.15) is 38.3 Å². The maximum Gasteiger partial charge on any atom is 0.264 e. The number of amides is 2. The summed E-state index contributed by atoms with van der Waals surface area (Å²) in [6, 6.07) is 19.7. The van der Waals surface area contributed by atoms with Crippen LogP contribution in [-0.2, 0) is 26.2 Å². The average Bonchev–Trinajstić information content (AvgIpc) is 2.91. The first kappa shape index (κ1) is 29.8. The van der Waals surface area contributed by atoms with Crippen LogP contribution in [-0.4, -0.2) is 44.3 Å². The summed E-state index contributed by atoms with van der Waals surface area (Å²) >= 11 is 0. The van der Waals surface area contributed by atoms with E-state index in [2.05, 4.69) is 5.32 Å². The van der Waals surface area contributed by atoms with E-state index in [0.717, 1.165) is 27.6 Å². The van der Waals surface area contributed by atoms with E-state index in [-0.39, 0.29) is 29.0 Å². The minimum Gasteiger partial charge on any atom is -0.354 e. The molecule has 0 unspecified atom stereocenters. The molecule has 0 heterocycles. The van der Waals surface area contributed by atoms with Crippen molar-refractivity contribution in [2.45, 2.75) is 51.6 Å². The van der Waals surface area contributed by atoms with Gasteiger partial charge in [0.05, 0.1) is 10.6 Å². The molecular weight excluding hydrogens is 517 g/mol. The fourth-order valence-electron chi connectivity index (χ4n) is 4.10. The Bertz CT molecular complexity index is 1350. The summed E-state index contributed by atoms with van der Waals surface area (Å²) in [6.07, 6.45) is 0.345. The van der Waals surface area contributed by atoms with Crippen molar-refractivity contribution in [2.75, 3.05) is 17.4 Å². The van der Waals surface area contributed by atoms with E-state index in [4.69, 9.17) is 0 Å². The van der Waals surface area contributed by atoms with Crippen molar-refractivity contribution in [3.05, 3.63) is 95.8 Å². The number of anilines is 1. The third-order valence-electron chi connectivity index (χ3n) is 6.27. The summed E-state index contributed by atoms with van der Waals surface area (Å²) in [5.74, 6) is -1.17. The lowest BCUT2D eigenvalue weighted by Crippen LogP contribution is -2.52. The molecular formula is C30H36FN3O4S. The molecule has 208 valence electrons. The normalized spacial score (nSPS) is 12.2. The Labute approximate surface area is 230 Å². The molecule has 7 nitrogen and oxygen atoms in total. The minimum absolute atomic E-state index is 0.131. The number of aryl methyl sites for hydroxylation is 1. The molecule has 3 aromatic rings. The van der Waals surface area contributed by atoms with Gasteiger partial charge < -0.3 is 10.2 Å². The zero-order valence-electron chi connectivity index (χ0n) is 22.8. The predicted octanol–water partition coefficient (Wildman–Crippen LogP) is 4.91. The highest BCUT2D eigenvalue weighted by Crippen LogP contribution is 2.25. The second-order valence-electron chi connectivity index (χ2n) is 9.87. The molecule has 0 aliphatic carbocycles. The maximum absolute atomic E-state index is 14.0. The molecule has 39 heavy (non-hydrogen) atoms. The topological polar surface area (TPSA) is 86.8 Å². The van der Waals surface area contributed by atoms with E-state index in [1.807, 2.05) is 58.0 Å². The molecule has 0 aliphatic rings. The smallest absolute Gasteiger partial charge is 0.264 e. The molecule has 3 aromatic carbocycles. The van der Waals surface area contributed by atoms with Gasteiger partial charge >= 0.3 is 0 Å². The average molecular weight is 554 g/mol. The number of hydrogen-bond donors (Lipinski definition) is 1. The van der Waals surface area contributed by atoms with Gasteiger partial charge in [0.15, 0.2) is 0 Å². The number of rotatable bonds is 12. The molecule has 3 rings (SSSR count). The summed E-state index contributed by atoms with van der Waals surface area (Å²) in [7, 11) is -4.24. The van der Waals surface area contributed by atoms with Crippen LogP contribution in [0.25, 0.3) is 0 Å². The first-order chi connectivity index (χ1) is 18.5. The van der Waals surface area contributed by atoms with Crippen LogP contribution >= 0.6 is 0 Å². The van der Waals surface area contributed by atoms with E-state index in [1.54, 1.807) is 24.3 Å². The van der Waals surface area contributed by atoms with E-state index >= 15 is 0 Å².